The first-order valence-electron chi connectivity index (χ1n) is 4.97. The number of nitrogens with zero attached hydrogens (tertiary/aromatic N) is 1. The second-order valence-corrected chi connectivity index (χ2v) is 3.89. The number of nitrogens with one attached hydrogen (secondary N) is 1. The van der Waals surface area contributed by atoms with Gasteiger partial charge in [0.2, 0.25) is 0 Å². The molecule has 80 valence electrons. The molecule has 0 aliphatic heterocycles. The van der Waals surface area contributed by atoms with Gasteiger partial charge >= 0.3 is 0 Å². The lowest BCUT2D eigenvalue weighted by atomic mass is 10.3. The number of alkyl halides is 1. The molecule has 1 aromatic carbocycles. The fourth-order valence-corrected chi connectivity index (χ4v) is 1.71. The summed E-state index contributed by atoms with van der Waals surface area (Å²) in [5.41, 5.74) is 1.68. The summed E-state index contributed by atoms with van der Waals surface area (Å²) in [4.78, 5) is 4.31. The van der Waals surface area contributed by atoms with Crippen LogP contribution in [0.25, 0.3) is 11.1 Å². The molecule has 0 saturated heterocycles. The fourth-order valence-electron chi connectivity index (χ4n) is 1.38. The smallest absolute Gasteiger partial charge is 0.295 e. The number of aromatic nitrogens is 1. The standard InChI is InChI=1S/C11H13ClN2O/c1-8(6-7-12)13-11-14-9-4-2-3-5-10(9)15-11/h2-5,8H,6-7H2,1H3,(H,13,14). The van der Waals surface area contributed by atoms with E-state index in [1.165, 1.54) is 0 Å². The molecule has 1 aromatic heterocycles. The van der Waals surface area contributed by atoms with Gasteiger partial charge in [0.25, 0.3) is 6.01 Å². The number of halogens is 1. The van der Waals surface area contributed by atoms with Crippen LogP contribution in [-0.4, -0.2) is 16.9 Å². The highest BCUT2D eigenvalue weighted by molar-refractivity contribution is 6.17. The minimum absolute atomic E-state index is 0.274. The Morgan fingerprint density at radius 3 is 3.00 bits per heavy atom. The van der Waals surface area contributed by atoms with E-state index in [0.29, 0.717) is 11.9 Å². The molecule has 0 bridgehead atoms. The second-order valence-electron chi connectivity index (χ2n) is 3.51. The molecule has 0 amide bonds. The van der Waals surface area contributed by atoms with Crippen molar-refractivity contribution in [3.05, 3.63) is 24.3 Å². The molecular formula is C11H13ClN2O. The molecule has 1 unspecified atom stereocenters. The van der Waals surface area contributed by atoms with Gasteiger partial charge in [0, 0.05) is 11.9 Å². The zero-order chi connectivity index (χ0) is 10.7. The number of hydrogen-bond donors (Lipinski definition) is 1. The van der Waals surface area contributed by atoms with Crippen LogP contribution in [0.3, 0.4) is 0 Å². The number of hydrogen-bond acceptors (Lipinski definition) is 3. The lowest BCUT2D eigenvalue weighted by molar-refractivity contribution is 0.596. The Morgan fingerprint density at radius 1 is 1.47 bits per heavy atom. The molecule has 0 aliphatic rings. The van der Waals surface area contributed by atoms with Crippen LogP contribution in [-0.2, 0) is 0 Å². The maximum absolute atomic E-state index is 5.65. The lowest BCUT2D eigenvalue weighted by Crippen LogP contribution is -2.15. The second kappa shape index (κ2) is 4.53. The molecule has 15 heavy (non-hydrogen) atoms. The largest absolute Gasteiger partial charge is 0.424 e. The van der Waals surface area contributed by atoms with E-state index < -0.39 is 0 Å². The first-order valence-corrected chi connectivity index (χ1v) is 5.51. The van der Waals surface area contributed by atoms with E-state index >= 15 is 0 Å². The molecule has 0 spiro atoms. The lowest BCUT2D eigenvalue weighted by Gasteiger charge is -2.08. The molecule has 2 rings (SSSR count). The van der Waals surface area contributed by atoms with Gasteiger partial charge in [-0.1, -0.05) is 12.1 Å². The maximum atomic E-state index is 5.65. The Morgan fingerprint density at radius 2 is 2.27 bits per heavy atom. The van der Waals surface area contributed by atoms with Crippen molar-refractivity contribution in [3.63, 3.8) is 0 Å². The third-order valence-corrected chi connectivity index (χ3v) is 2.42. The van der Waals surface area contributed by atoms with Crippen LogP contribution in [0.15, 0.2) is 28.7 Å². The number of oxazole rings is 1. The van der Waals surface area contributed by atoms with Gasteiger partial charge in [0.1, 0.15) is 5.52 Å². The molecule has 1 N–H and O–H groups in total. The van der Waals surface area contributed by atoms with Crippen LogP contribution < -0.4 is 5.32 Å². The van der Waals surface area contributed by atoms with E-state index in [-0.39, 0.29) is 6.04 Å². The molecule has 0 aliphatic carbocycles. The monoisotopic (exact) mass is 224 g/mol. The van der Waals surface area contributed by atoms with Gasteiger partial charge in [0.15, 0.2) is 5.58 Å². The molecule has 4 heteroatoms. The van der Waals surface area contributed by atoms with Gasteiger partial charge in [-0.25, -0.2) is 0 Å². The van der Waals surface area contributed by atoms with Gasteiger partial charge in [-0.05, 0) is 25.5 Å². The molecule has 0 radical (unpaired) electrons. The molecule has 1 heterocycles. The van der Waals surface area contributed by atoms with Crippen molar-refractivity contribution >= 4 is 28.7 Å². The van der Waals surface area contributed by atoms with Gasteiger partial charge in [-0.3, -0.25) is 0 Å². The van der Waals surface area contributed by atoms with Crippen molar-refractivity contribution in [3.8, 4) is 0 Å². The Hall–Kier alpha value is -1.22. The zero-order valence-corrected chi connectivity index (χ0v) is 9.29. The van der Waals surface area contributed by atoms with E-state index in [0.717, 1.165) is 17.5 Å². The Balaban J connectivity index is 2.15. The zero-order valence-electron chi connectivity index (χ0n) is 8.53. The van der Waals surface area contributed by atoms with Crippen molar-refractivity contribution < 1.29 is 4.42 Å². The van der Waals surface area contributed by atoms with Crippen molar-refractivity contribution in [2.45, 2.75) is 19.4 Å². The Kier molecular flexibility index (Phi) is 3.11. The van der Waals surface area contributed by atoms with Crippen molar-refractivity contribution in [2.24, 2.45) is 0 Å². The number of rotatable bonds is 4. The molecular weight excluding hydrogens is 212 g/mol. The van der Waals surface area contributed by atoms with Crippen LogP contribution in [0.1, 0.15) is 13.3 Å². The highest BCUT2D eigenvalue weighted by Gasteiger charge is 2.07. The summed E-state index contributed by atoms with van der Waals surface area (Å²) >= 11 is 5.65. The van der Waals surface area contributed by atoms with E-state index in [1.54, 1.807) is 0 Å². The summed E-state index contributed by atoms with van der Waals surface area (Å²) in [6, 6.07) is 8.54. The molecule has 0 fully saturated rings. The maximum Gasteiger partial charge on any atom is 0.295 e. The first-order chi connectivity index (χ1) is 7.29. The van der Waals surface area contributed by atoms with Crippen LogP contribution in [0.5, 0.6) is 0 Å². The van der Waals surface area contributed by atoms with Crippen molar-refractivity contribution in [2.75, 3.05) is 11.2 Å². The summed E-state index contributed by atoms with van der Waals surface area (Å²) in [6.07, 6.45) is 0.889. The first kappa shape index (κ1) is 10.3. The van der Waals surface area contributed by atoms with E-state index in [4.69, 9.17) is 16.0 Å². The van der Waals surface area contributed by atoms with Crippen molar-refractivity contribution in [1.29, 1.82) is 0 Å². The highest BCUT2D eigenvalue weighted by Crippen LogP contribution is 2.18. The minimum Gasteiger partial charge on any atom is -0.424 e. The van der Waals surface area contributed by atoms with Crippen LogP contribution in [0.4, 0.5) is 6.01 Å². The van der Waals surface area contributed by atoms with E-state index in [1.807, 2.05) is 24.3 Å². The number of anilines is 1. The van der Waals surface area contributed by atoms with Gasteiger partial charge in [0.05, 0.1) is 0 Å². The summed E-state index contributed by atoms with van der Waals surface area (Å²) in [5, 5.41) is 3.17. The van der Waals surface area contributed by atoms with E-state index in [9.17, 15) is 0 Å². The molecule has 3 nitrogen and oxygen atoms in total. The number of benzene rings is 1. The SMILES string of the molecule is CC(CCCl)Nc1nc2ccccc2o1. The van der Waals surface area contributed by atoms with Crippen LogP contribution in [0, 0.1) is 0 Å². The van der Waals surface area contributed by atoms with Crippen molar-refractivity contribution in [1.82, 2.24) is 4.98 Å². The predicted molar refractivity (Wildman–Crippen MR) is 62.4 cm³/mol. The predicted octanol–water partition coefficient (Wildman–Crippen LogP) is 3.26. The summed E-state index contributed by atoms with van der Waals surface area (Å²) in [7, 11) is 0. The summed E-state index contributed by atoms with van der Waals surface area (Å²) in [5.74, 6) is 0.633. The Labute approximate surface area is 93.4 Å². The summed E-state index contributed by atoms with van der Waals surface area (Å²) in [6.45, 7) is 2.05. The van der Waals surface area contributed by atoms with Gasteiger partial charge in [-0.2, -0.15) is 4.98 Å². The highest BCUT2D eigenvalue weighted by atomic mass is 35.5. The fraction of sp³-hybridized carbons (Fsp3) is 0.364. The molecule has 1 atom stereocenters. The van der Waals surface area contributed by atoms with Crippen LogP contribution in [0.2, 0.25) is 0 Å². The van der Waals surface area contributed by atoms with Gasteiger partial charge < -0.3 is 9.73 Å². The third kappa shape index (κ3) is 2.42. The Bertz CT molecular complexity index is 408. The third-order valence-electron chi connectivity index (χ3n) is 2.21. The summed E-state index contributed by atoms with van der Waals surface area (Å²) < 4.78 is 5.52. The minimum atomic E-state index is 0.274. The number of para-hydroxylation sites is 2. The molecule has 0 saturated carbocycles. The quantitative estimate of drug-likeness (QED) is 0.811. The normalized spacial score (nSPS) is 12.9. The topological polar surface area (TPSA) is 38.1 Å². The average molecular weight is 225 g/mol. The van der Waals surface area contributed by atoms with E-state index in [2.05, 4.69) is 17.2 Å². The van der Waals surface area contributed by atoms with Gasteiger partial charge in [-0.15, -0.1) is 11.6 Å². The van der Waals surface area contributed by atoms with Crippen LogP contribution >= 0.6 is 11.6 Å². The average Bonchev–Trinajstić information content (AvgIpc) is 2.59. The molecule has 2 aromatic rings. The number of fused-ring (bicyclic) bond motifs is 1.